The topological polar surface area (TPSA) is 65.7 Å². The van der Waals surface area contributed by atoms with Crippen molar-refractivity contribution in [2.75, 3.05) is 18.4 Å². The molecule has 5 nitrogen and oxygen atoms in total. The van der Waals surface area contributed by atoms with Crippen LogP contribution in [-0.2, 0) is 6.54 Å². The van der Waals surface area contributed by atoms with Crippen LogP contribution in [0.15, 0.2) is 47.6 Å². The van der Waals surface area contributed by atoms with E-state index >= 15 is 0 Å². The minimum Gasteiger partial charge on any atom is -0.377 e. The van der Waals surface area contributed by atoms with E-state index in [1.54, 1.807) is 0 Å². The van der Waals surface area contributed by atoms with Crippen molar-refractivity contribution in [2.45, 2.75) is 25.4 Å². The molecular formula is C20H23F2N5S. The zero-order valence-electron chi connectivity index (χ0n) is 15.4. The molecule has 1 saturated heterocycles. The molecule has 0 atom stereocenters. The Labute approximate surface area is 168 Å². The maximum atomic E-state index is 14.4. The molecular weight excluding hydrogens is 380 g/mol. The molecule has 0 unspecified atom stereocenters. The summed E-state index contributed by atoms with van der Waals surface area (Å²) in [6, 6.07) is 12.8. The van der Waals surface area contributed by atoms with Gasteiger partial charge in [-0.3, -0.25) is 10.3 Å². The van der Waals surface area contributed by atoms with Crippen LogP contribution in [0.3, 0.4) is 0 Å². The van der Waals surface area contributed by atoms with Gasteiger partial charge in [-0.1, -0.05) is 30.3 Å². The quantitative estimate of drug-likeness (QED) is 0.393. The van der Waals surface area contributed by atoms with E-state index in [0.717, 1.165) is 32.5 Å². The van der Waals surface area contributed by atoms with E-state index in [-0.39, 0.29) is 22.4 Å². The molecule has 0 aliphatic carbocycles. The van der Waals surface area contributed by atoms with E-state index in [1.807, 2.05) is 18.2 Å². The first-order valence-electron chi connectivity index (χ1n) is 9.11. The highest BCUT2D eigenvalue weighted by atomic mass is 32.1. The molecule has 3 rings (SSSR count). The number of nitrogens with two attached hydrogens (primary N) is 1. The van der Waals surface area contributed by atoms with Crippen LogP contribution in [0, 0.1) is 11.6 Å². The van der Waals surface area contributed by atoms with Crippen LogP contribution >= 0.6 is 12.2 Å². The highest BCUT2D eigenvalue weighted by Crippen LogP contribution is 2.24. The second kappa shape index (κ2) is 9.57. The first-order chi connectivity index (χ1) is 13.5. The lowest BCUT2D eigenvalue weighted by Gasteiger charge is -2.33. The third-order valence-electron chi connectivity index (χ3n) is 4.64. The van der Waals surface area contributed by atoms with Crippen molar-refractivity contribution in [3.8, 4) is 0 Å². The highest BCUT2D eigenvalue weighted by molar-refractivity contribution is 7.80. The summed E-state index contributed by atoms with van der Waals surface area (Å²) in [7, 11) is 0. The van der Waals surface area contributed by atoms with E-state index in [9.17, 15) is 8.78 Å². The van der Waals surface area contributed by atoms with Gasteiger partial charge in [0.1, 0.15) is 17.3 Å². The number of hydrogen-bond acceptors (Lipinski definition) is 4. The SMILES string of the molecule is NC(=S)N/N=C/c1cc(F)c(NC2CCN(Cc3ccccc3)CC2)c(F)c1. The Morgan fingerprint density at radius 3 is 2.43 bits per heavy atom. The second-order valence-electron chi connectivity index (χ2n) is 6.77. The molecule has 0 amide bonds. The van der Waals surface area contributed by atoms with Gasteiger partial charge in [0.05, 0.1) is 6.21 Å². The van der Waals surface area contributed by atoms with Gasteiger partial charge in [-0.05, 0) is 42.8 Å². The van der Waals surface area contributed by atoms with Gasteiger partial charge >= 0.3 is 0 Å². The van der Waals surface area contributed by atoms with Crippen molar-refractivity contribution in [3.05, 3.63) is 65.2 Å². The number of benzene rings is 2. The summed E-state index contributed by atoms with van der Waals surface area (Å²) in [5.74, 6) is -1.30. The number of piperidine rings is 1. The number of anilines is 1. The minimum absolute atomic E-state index is 0.0194. The molecule has 1 heterocycles. The fourth-order valence-electron chi connectivity index (χ4n) is 3.26. The Bertz CT molecular complexity index is 813. The second-order valence-corrected chi connectivity index (χ2v) is 7.21. The van der Waals surface area contributed by atoms with Gasteiger partial charge in [0, 0.05) is 31.2 Å². The van der Waals surface area contributed by atoms with Crippen LogP contribution in [0.2, 0.25) is 0 Å². The van der Waals surface area contributed by atoms with Gasteiger partial charge in [-0.15, -0.1) is 0 Å². The monoisotopic (exact) mass is 403 g/mol. The number of rotatable bonds is 6. The lowest BCUT2D eigenvalue weighted by atomic mass is 10.0. The Hall–Kier alpha value is -2.58. The zero-order valence-corrected chi connectivity index (χ0v) is 16.2. The summed E-state index contributed by atoms with van der Waals surface area (Å²) in [6.45, 7) is 2.65. The fourth-order valence-corrected chi connectivity index (χ4v) is 3.31. The summed E-state index contributed by atoms with van der Waals surface area (Å²) in [6.07, 6.45) is 2.91. The number of nitrogens with one attached hydrogen (secondary N) is 2. The van der Waals surface area contributed by atoms with Crippen LogP contribution in [0.4, 0.5) is 14.5 Å². The summed E-state index contributed by atoms with van der Waals surface area (Å²) in [5.41, 5.74) is 9.05. The van der Waals surface area contributed by atoms with Crippen molar-refractivity contribution in [1.29, 1.82) is 0 Å². The van der Waals surface area contributed by atoms with E-state index in [4.69, 9.17) is 5.73 Å². The van der Waals surface area contributed by atoms with Crippen LogP contribution < -0.4 is 16.5 Å². The number of likely N-dealkylation sites (tertiary alicyclic amines) is 1. The van der Waals surface area contributed by atoms with Gasteiger partial charge in [0.2, 0.25) is 0 Å². The molecule has 0 radical (unpaired) electrons. The van der Waals surface area contributed by atoms with Crippen molar-refractivity contribution >= 4 is 29.2 Å². The van der Waals surface area contributed by atoms with E-state index in [0.29, 0.717) is 0 Å². The van der Waals surface area contributed by atoms with Crippen LogP contribution in [0.1, 0.15) is 24.0 Å². The van der Waals surface area contributed by atoms with Crippen LogP contribution in [0.5, 0.6) is 0 Å². The van der Waals surface area contributed by atoms with Gasteiger partial charge < -0.3 is 11.1 Å². The number of hydrogen-bond donors (Lipinski definition) is 3. The number of halogens is 2. The molecule has 0 aromatic heterocycles. The Balaban J connectivity index is 1.56. The average Bonchev–Trinajstić information content (AvgIpc) is 2.66. The number of thiocarbonyl (C=S) groups is 1. The van der Waals surface area contributed by atoms with Crippen molar-refractivity contribution in [3.63, 3.8) is 0 Å². The Morgan fingerprint density at radius 1 is 1.18 bits per heavy atom. The average molecular weight is 404 g/mol. The zero-order chi connectivity index (χ0) is 19.9. The molecule has 28 heavy (non-hydrogen) atoms. The number of nitrogens with zero attached hydrogens (tertiary/aromatic N) is 2. The van der Waals surface area contributed by atoms with E-state index < -0.39 is 11.6 Å². The molecule has 4 N–H and O–H groups in total. The summed E-state index contributed by atoms with van der Waals surface area (Å²) >= 11 is 4.61. The normalized spacial score (nSPS) is 15.6. The molecule has 2 aromatic carbocycles. The van der Waals surface area contributed by atoms with Crippen LogP contribution in [0.25, 0.3) is 0 Å². The summed E-state index contributed by atoms with van der Waals surface area (Å²) in [4.78, 5) is 2.36. The van der Waals surface area contributed by atoms with Gasteiger partial charge in [0.25, 0.3) is 0 Å². The van der Waals surface area contributed by atoms with Gasteiger partial charge in [-0.25, -0.2) is 8.78 Å². The first-order valence-corrected chi connectivity index (χ1v) is 9.52. The molecule has 1 fully saturated rings. The standard InChI is InChI=1S/C20H23F2N5S/c21-17-10-15(12-24-26-20(23)28)11-18(22)19(17)25-16-6-8-27(9-7-16)13-14-4-2-1-3-5-14/h1-5,10-12,16,25H,6-9,13H2,(H3,23,26,28)/b24-12+. The lowest BCUT2D eigenvalue weighted by molar-refractivity contribution is 0.211. The summed E-state index contributed by atoms with van der Waals surface area (Å²) in [5, 5.41) is 6.72. The predicted octanol–water partition coefficient (Wildman–Crippen LogP) is 3.21. The lowest BCUT2D eigenvalue weighted by Crippen LogP contribution is -2.39. The van der Waals surface area contributed by atoms with Crippen molar-refractivity contribution in [2.24, 2.45) is 10.8 Å². The molecule has 1 aliphatic heterocycles. The molecule has 0 bridgehead atoms. The maximum Gasteiger partial charge on any atom is 0.184 e. The van der Waals surface area contributed by atoms with Gasteiger partial charge in [-0.2, -0.15) is 5.10 Å². The summed E-state index contributed by atoms with van der Waals surface area (Å²) < 4.78 is 28.7. The number of hydrazone groups is 1. The molecule has 0 saturated carbocycles. The van der Waals surface area contributed by atoms with Crippen molar-refractivity contribution in [1.82, 2.24) is 10.3 Å². The third kappa shape index (κ3) is 5.71. The smallest absolute Gasteiger partial charge is 0.184 e. The fraction of sp³-hybridized carbons (Fsp3) is 0.300. The van der Waals surface area contributed by atoms with E-state index in [2.05, 4.69) is 45.1 Å². The van der Waals surface area contributed by atoms with Crippen molar-refractivity contribution < 1.29 is 8.78 Å². The van der Waals surface area contributed by atoms with E-state index in [1.165, 1.54) is 23.9 Å². The molecule has 0 spiro atoms. The van der Waals surface area contributed by atoms with Gasteiger partial charge in [0.15, 0.2) is 5.11 Å². The largest absolute Gasteiger partial charge is 0.377 e. The molecule has 1 aliphatic rings. The first kappa shape index (κ1) is 20.2. The minimum atomic E-state index is -0.650. The molecule has 148 valence electrons. The molecule has 8 heteroatoms. The molecule has 2 aromatic rings. The maximum absolute atomic E-state index is 14.4. The van der Waals surface area contributed by atoms with Crippen LogP contribution in [-0.4, -0.2) is 35.4 Å². The predicted molar refractivity (Wildman–Crippen MR) is 112 cm³/mol. The Kier molecular flexibility index (Phi) is 6.89. The Morgan fingerprint density at radius 2 is 1.82 bits per heavy atom. The highest BCUT2D eigenvalue weighted by Gasteiger charge is 2.21. The third-order valence-corrected chi connectivity index (χ3v) is 4.73.